The molecule has 1 unspecified atom stereocenters. The molecule has 1 saturated heterocycles. The second-order valence-electron chi connectivity index (χ2n) is 6.71. The van der Waals surface area contributed by atoms with E-state index in [0.29, 0.717) is 12.5 Å². The van der Waals surface area contributed by atoms with E-state index in [4.69, 9.17) is 4.74 Å². The molecule has 0 spiro atoms. The Morgan fingerprint density at radius 1 is 1.20 bits per heavy atom. The lowest BCUT2D eigenvalue weighted by Gasteiger charge is -2.31. The Hall–Kier alpha value is -0.570. The first kappa shape index (κ1) is 17.5. The molecule has 3 nitrogen and oxygen atoms in total. The summed E-state index contributed by atoms with van der Waals surface area (Å²) in [4.78, 5) is 14.8. The predicted octanol–water partition coefficient (Wildman–Crippen LogP) is 3.87. The van der Waals surface area contributed by atoms with Gasteiger partial charge >= 0.3 is 5.97 Å². The Labute approximate surface area is 125 Å². The Bertz CT molecular complexity index is 283. The average Bonchev–Trinajstić information content (AvgIpc) is 2.67. The zero-order chi connectivity index (χ0) is 15.0. The first-order valence-electron chi connectivity index (χ1n) is 8.40. The van der Waals surface area contributed by atoms with Crippen LogP contribution in [0.3, 0.4) is 0 Å². The largest absolute Gasteiger partial charge is 0.464 e. The van der Waals surface area contributed by atoms with Crippen LogP contribution in [0.15, 0.2) is 0 Å². The molecule has 118 valence electrons. The molecule has 1 aliphatic heterocycles. The highest BCUT2D eigenvalue weighted by molar-refractivity contribution is 5.76. The zero-order valence-corrected chi connectivity index (χ0v) is 13.9. The van der Waals surface area contributed by atoms with Crippen molar-refractivity contribution in [3.05, 3.63) is 0 Å². The van der Waals surface area contributed by atoms with Gasteiger partial charge in [0.15, 0.2) is 0 Å². The van der Waals surface area contributed by atoms with Crippen LogP contribution in [0.4, 0.5) is 0 Å². The smallest absolute Gasteiger partial charge is 0.312 e. The third-order valence-electron chi connectivity index (χ3n) is 4.85. The minimum atomic E-state index is -0.326. The lowest BCUT2D eigenvalue weighted by atomic mass is 9.75. The Morgan fingerprint density at radius 3 is 2.30 bits per heavy atom. The molecule has 0 bridgehead atoms. The van der Waals surface area contributed by atoms with Crippen LogP contribution in [-0.4, -0.2) is 37.1 Å². The van der Waals surface area contributed by atoms with Crippen LogP contribution in [0, 0.1) is 11.3 Å². The fourth-order valence-electron chi connectivity index (χ4n) is 2.94. The van der Waals surface area contributed by atoms with Gasteiger partial charge in [-0.2, -0.15) is 0 Å². The summed E-state index contributed by atoms with van der Waals surface area (Å²) in [6.07, 6.45) is 7.19. The maximum atomic E-state index is 12.4. The number of likely N-dealkylation sites (tertiary alicyclic amines) is 1. The summed E-state index contributed by atoms with van der Waals surface area (Å²) in [5.41, 5.74) is -0.326. The number of hydrogen-bond donors (Lipinski definition) is 0. The molecule has 1 atom stereocenters. The lowest BCUT2D eigenvalue weighted by molar-refractivity contribution is -0.158. The van der Waals surface area contributed by atoms with Crippen molar-refractivity contribution in [1.29, 1.82) is 0 Å². The summed E-state index contributed by atoms with van der Waals surface area (Å²) in [7, 11) is 0. The topological polar surface area (TPSA) is 29.5 Å². The van der Waals surface area contributed by atoms with Gasteiger partial charge in [0.2, 0.25) is 0 Å². The van der Waals surface area contributed by atoms with Crippen molar-refractivity contribution in [3.8, 4) is 0 Å². The summed E-state index contributed by atoms with van der Waals surface area (Å²) in [5, 5.41) is 0. The molecular weight excluding hydrogens is 250 g/mol. The average molecular weight is 283 g/mol. The summed E-state index contributed by atoms with van der Waals surface area (Å²) < 4.78 is 5.58. The van der Waals surface area contributed by atoms with E-state index in [1.807, 2.05) is 0 Å². The van der Waals surface area contributed by atoms with E-state index in [-0.39, 0.29) is 11.4 Å². The summed E-state index contributed by atoms with van der Waals surface area (Å²) in [6.45, 7) is 12.2. The number of nitrogens with zero attached hydrogens (tertiary/aromatic N) is 1. The van der Waals surface area contributed by atoms with Gasteiger partial charge in [-0.1, -0.05) is 40.0 Å². The highest BCUT2D eigenvalue weighted by Crippen LogP contribution is 2.33. The van der Waals surface area contributed by atoms with Crippen LogP contribution in [-0.2, 0) is 9.53 Å². The third kappa shape index (κ3) is 5.08. The van der Waals surface area contributed by atoms with Crippen LogP contribution in [0.1, 0.15) is 66.2 Å². The van der Waals surface area contributed by atoms with E-state index in [2.05, 4.69) is 32.6 Å². The fourth-order valence-corrected chi connectivity index (χ4v) is 2.94. The lowest BCUT2D eigenvalue weighted by Crippen LogP contribution is -2.37. The van der Waals surface area contributed by atoms with Gasteiger partial charge in [-0.15, -0.1) is 0 Å². The molecule has 0 aromatic heterocycles. The number of ether oxygens (including phenoxy) is 1. The van der Waals surface area contributed by atoms with E-state index >= 15 is 0 Å². The quantitative estimate of drug-likeness (QED) is 0.664. The van der Waals surface area contributed by atoms with E-state index < -0.39 is 0 Å². The van der Waals surface area contributed by atoms with Gasteiger partial charge in [-0.25, -0.2) is 0 Å². The summed E-state index contributed by atoms with van der Waals surface area (Å²) in [5.74, 6) is 0.317. The van der Waals surface area contributed by atoms with Crippen molar-refractivity contribution >= 4 is 5.97 Å². The maximum Gasteiger partial charge on any atom is 0.312 e. The summed E-state index contributed by atoms with van der Waals surface area (Å²) >= 11 is 0. The number of esters is 1. The second kappa shape index (κ2) is 8.66. The number of carbonyl (C=O) groups is 1. The standard InChI is InChI=1S/C17H33NO2/c1-5-10-17(4,15(2)3)16(19)20-14-13-18-11-8-6-7-9-12-18/h15H,5-14H2,1-4H3. The molecule has 1 heterocycles. The SMILES string of the molecule is CCCC(C)(C(=O)OCCN1CCCCCC1)C(C)C. The molecule has 0 saturated carbocycles. The maximum absolute atomic E-state index is 12.4. The van der Waals surface area contributed by atoms with Crippen LogP contribution in [0.2, 0.25) is 0 Å². The van der Waals surface area contributed by atoms with Crippen LogP contribution in [0.25, 0.3) is 0 Å². The van der Waals surface area contributed by atoms with Crippen LogP contribution < -0.4 is 0 Å². The molecule has 0 aromatic rings. The molecule has 0 radical (unpaired) electrons. The number of carbonyl (C=O) groups excluding carboxylic acids is 1. The van der Waals surface area contributed by atoms with Gasteiger partial charge in [0.25, 0.3) is 0 Å². The van der Waals surface area contributed by atoms with Crippen molar-refractivity contribution in [3.63, 3.8) is 0 Å². The van der Waals surface area contributed by atoms with E-state index in [1.165, 1.54) is 25.7 Å². The van der Waals surface area contributed by atoms with Crippen molar-refractivity contribution in [2.75, 3.05) is 26.2 Å². The van der Waals surface area contributed by atoms with E-state index in [0.717, 1.165) is 32.5 Å². The van der Waals surface area contributed by atoms with Gasteiger partial charge in [0.05, 0.1) is 5.41 Å². The van der Waals surface area contributed by atoms with E-state index in [9.17, 15) is 4.79 Å². The zero-order valence-electron chi connectivity index (χ0n) is 13.9. The first-order chi connectivity index (χ1) is 9.50. The van der Waals surface area contributed by atoms with Crippen molar-refractivity contribution in [2.24, 2.45) is 11.3 Å². The highest BCUT2D eigenvalue weighted by atomic mass is 16.5. The molecule has 1 rings (SSSR count). The summed E-state index contributed by atoms with van der Waals surface area (Å²) in [6, 6.07) is 0. The van der Waals surface area contributed by atoms with Gasteiger partial charge in [-0.05, 0) is 45.2 Å². The van der Waals surface area contributed by atoms with Crippen molar-refractivity contribution < 1.29 is 9.53 Å². The molecule has 0 N–H and O–H groups in total. The van der Waals surface area contributed by atoms with Gasteiger partial charge in [0, 0.05) is 6.54 Å². The first-order valence-corrected chi connectivity index (χ1v) is 8.40. The van der Waals surface area contributed by atoms with E-state index in [1.54, 1.807) is 0 Å². The number of rotatable bonds is 7. The minimum absolute atomic E-state index is 0.0100. The molecule has 0 amide bonds. The number of hydrogen-bond acceptors (Lipinski definition) is 3. The predicted molar refractivity (Wildman–Crippen MR) is 83.7 cm³/mol. The monoisotopic (exact) mass is 283 g/mol. The Kier molecular flexibility index (Phi) is 7.57. The van der Waals surface area contributed by atoms with Crippen molar-refractivity contribution in [2.45, 2.75) is 66.2 Å². The molecule has 3 heteroatoms. The molecule has 20 heavy (non-hydrogen) atoms. The second-order valence-corrected chi connectivity index (χ2v) is 6.71. The van der Waals surface area contributed by atoms with Gasteiger partial charge in [-0.3, -0.25) is 9.69 Å². The Balaban J connectivity index is 2.37. The molecule has 1 fully saturated rings. The molecule has 0 aliphatic carbocycles. The molecule has 0 aromatic carbocycles. The highest BCUT2D eigenvalue weighted by Gasteiger charge is 2.37. The fraction of sp³-hybridized carbons (Fsp3) is 0.941. The Morgan fingerprint density at radius 2 is 1.80 bits per heavy atom. The van der Waals surface area contributed by atoms with Crippen molar-refractivity contribution in [1.82, 2.24) is 4.90 Å². The third-order valence-corrected chi connectivity index (χ3v) is 4.85. The van der Waals surface area contributed by atoms with Crippen LogP contribution >= 0.6 is 0 Å². The van der Waals surface area contributed by atoms with Gasteiger partial charge < -0.3 is 4.74 Å². The minimum Gasteiger partial charge on any atom is -0.464 e. The normalized spacial score (nSPS) is 20.4. The van der Waals surface area contributed by atoms with Crippen LogP contribution in [0.5, 0.6) is 0 Å². The molecule has 1 aliphatic rings. The van der Waals surface area contributed by atoms with Gasteiger partial charge in [0.1, 0.15) is 6.61 Å². The molecular formula is C17H33NO2.